The second kappa shape index (κ2) is 40.6. The minimum atomic E-state index is 0.189. The van der Waals surface area contributed by atoms with E-state index in [9.17, 15) is 0 Å². The fraction of sp³-hybridized carbons (Fsp3) is 1.00. The summed E-state index contributed by atoms with van der Waals surface area (Å²) in [5, 5.41) is 0. The third-order valence-electron chi connectivity index (χ3n) is 6.77. The molecule has 0 aromatic heterocycles. The van der Waals surface area contributed by atoms with E-state index in [0.717, 1.165) is 13.0 Å². The summed E-state index contributed by atoms with van der Waals surface area (Å²) in [5.41, 5.74) is 0. The summed E-state index contributed by atoms with van der Waals surface area (Å²) >= 11 is 0. The van der Waals surface area contributed by atoms with Crippen LogP contribution >= 0.6 is 0 Å². The lowest BCUT2D eigenvalue weighted by molar-refractivity contribution is -0.0402. The predicted molar refractivity (Wildman–Crippen MR) is 175 cm³/mol. The first-order chi connectivity index (χ1) is 21.8. The third kappa shape index (κ3) is 37.8. The van der Waals surface area contributed by atoms with E-state index in [0.29, 0.717) is 119 Å². The van der Waals surface area contributed by atoms with Gasteiger partial charge in [0.25, 0.3) is 0 Å². The maximum atomic E-state index is 5.86. The molecule has 1 unspecified atom stereocenters. The highest BCUT2D eigenvalue weighted by Crippen LogP contribution is 2.13. The summed E-state index contributed by atoms with van der Waals surface area (Å²) in [6.45, 7) is 17.3. The monoisotopic (exact) mass is 638 g/mol. The van der Waals surface area contributed by atoms with Crippen molar-refractivity contribution in [1.82, 2.24) is 0 Å². The van der Waals surface area contributed by atoms with Gasteiger partial charge in [-0.05, 0) is 20.3 Å². The Bertz CT molecular complexity index is 501. The van der Waals surface area contributed by atoms with Crippen LogP contribution in [0.3, 0.4) is 0 Å². The predicted octanol–water partition coefficient (Wildman–Crippen LogP) is 5.87. The molecule has 0 amide bonds. The number of hydrogen-bond acceptors (Lipinski definition) is 10. The standard InChI is InChI=1S/C34H70O10/c1-4-7-8-9-10-11-12-13-14-15-16-34(44-6-3)33-43-32-31-42-30-29-41-28-27-40-26-25-39-24-23-38-22-21-37-20-19-36-18-17-35-5-2/h34H,4-33H2,1-3H3. The zero-order valence-corrected chi connectivity index (χ0v) is 28.9. The lowest BCUT2D eigenvalue weighted by atomic mass is 10.0. The van der Waals surface area contributed by atoms with Crippen LogP contribution in [0, 0.1) is 0 Å². The van der Waals surface area contributed by atoms with Crippen molar-refractivity contribution in [1.29, 1.82) is 0 Å². The van der Waals surface area contributed by atoms with E-state index in [2.05, 4.69) is 13.8 Å². The van der Waals surface area contributed by atoms with E-state index in [1.165, 1.54) is 64.2 Å². The van der Waals surface area contributed by atoms with Crippen molar-refractivity contribution in [3.63, 3.8) is 0 Å². The van der Waals surface area contributed by atoms with Crippen LogP contribution in [0.25, 0.3) is 0 Å². The van der Waals surface area contributed by atoms with E-state index in [4.69, 9.17) is 47.4 Å². The summed E-state index contributed by atoms with van der Waals surface area (Å²) in [6.07, 6.45) is 14.8. The molecule has 10 nitrogen and oxygen atoms in total. The average molecular weight is 639 g/mol. The van der Waals surface area contributed by atoms with Crippen LogP contribution in [0.5, 0.6) is 0 Å². The van der Waals surface area contributed by atoms with Gasteiger partial charge in [-0.3, -0.25) is 0 Å². The van der Waals surface area contributed by atoms with Crippen molar-refractivity contribution < 1.29 is 47.4 Å². The maximum Gasteiger partial charge on any atom is 0.0808 e. The Labute approximate surface area is 270 Å². The molecule has 44 heavy (non-hydrogen) atoms. The smallest absolute Gasteiger partial charge is 0.0808 e. The Morgan fingerprint density at radius 3 is 0.977 bits per heavy atom. The Morgan fingerprint density at radius 2 is 0.636 bits per heavy atom. The second-order valence-electron chi connectivity index (χ2n) is 10.6. The quantitative estimate of drug-likeness (QED) is 0.0759. The molecule has 0 rings (SSSR count). The molecule has 0 N–H and O–H groups in total. The zero-order chi connectivity index (χ0) is 31.9. The molecule has 266 valence electrons. The lowest BCUT2D eigenvalue weighted by Gasteiger charge is -2.17. The van der Waals surface area contributed by atoms with Gasteiger partial charge in [0.05, 0.1) is 118 Å². The summed E-state index contributed by atoms with van der Waals surface area (Å²) in [4.78, 5) is 0. The van der Waals surface area contributed by atoms with E-state index >= 15 is 0 Å². The van der Waals surface area contributed by atoms with Crippen molar-refractivity contribution in [3.05, 3.63) is 0 Å². The SMILES string of the molecule is CCCCCCCCCCCCC(COCCOCCOCCOCCOCCOCCOCCOCCOCC)OCC. The topological polar surface area (TPSA) is 92.3 Å². The van der Waals surface area contributed by atoms with E-state index < -0.39 is 0 Å². The first kappa shape index (κ1) is 43.6. The average Bonchev–Trinajstić information content (AvgIpc) is 3.03. The Kier molecular flexibility index (Phi) is 40.3. The highest BCUT2D eigenvalue weighted by Gasteiger charge is 2.08. The third-order valence-corrected chi connectivity index (χ3v) is 6.77. The highest BCUT2D eigenvalue weighted by molar-refractivity contribution is 4.58. The molecule has 0 saturated carbocycles. The first-order valence-electron chi connectivity index (χ1n) is 17.7. The van der Waals surface area contributed by atoms with E-state index in [-0.39, 0.29) is 6.10 Å². The van der Waals surface area contributed by atoms with Gasteiger partial charge in [-0.2, -0.15) is 0 Å². The molecule has 1 atom stereocenters. The van der Waals surface area contributed by atoms with Gasteiger partial charge in [-0.1, -0.05) is 71.1 Å². The molecule has 0 heterocycles. The normalized spacial score (nSPS) is 12.3. The van der Waals surface area contributed by atoms with Gasteiger partial charge in [0.2, 0.25) is 0 Å². The van der Waals surface area contributed by atoms with Crippen molar-refractivity contribution in [2.75, 3.05) is 126 Å². The van der Waals surface area contributed by atoms with Gasteiger partial charge in [-0.25, -0.2) is 0 Å². The van der Waals surface area contributed by atoms with Crippen LogP contribution in [0.2, 0.25) is 0 Å². The first-order valence-corrected chi connectivity index (χ1v) is 17.7. The second-order valence-corrected chi connectivity index (χ2v) is 10.6. The van der Waals surface area contributed by atoms with Crippen LogP contribution < -0.4 is 0 Å². The molecule has 0 aliphatic carbocycles. The molecule has 0 radical (unpaired) electrons. The molecule has 0 bridgehead atoms. The summed E-state index contributed by atoms with van der Waals surface area (Å²) < 4.78 is 55.3. The summed E-state index contributed by atoms with van der Waals surface area (Å²) in [5.74, 6) is 0. The molecule has 0 aliphatic rings. The number of ether oxygens (including phenoxy) is 10. The van der Waals surface area contributed by atoms with Gasteiger partial charge in [0, 0.05) is 13.2 Å². The van der Waals surface area contributed by atoms with Crippen molar-refractivity contribution >= 4 is 0 Å². The lowest BCUT2D eigenvalue weighted by Crippen LogP contribution is -2.21. The largest absolute Gasteiger partial charge is 0.379 e. The summed E-state index contributed by atoms with van der Waals surface area (Å²) in [6, 6.07) is 0. The number of rotatable bonds is 40. The van der Waals surface area contributed by atoms with Crippen molar-refractivity contribution in [3.8, 4) is 0 Å². The van der Waals surface area contributed by atoms with Crippen molar-refractivity contribution in [2.45, 2.75) is 97.5 Å². The molecule has 0 fully saturated rings. The molecule has 0 saturated heterocycles. The van der Waals surface area contributed by atoms with Crippen LogP contribution in [0.1, 0.15) is 91.4 Å². The molecular formula is C34H70O10. The molecule has 0 spiro atoms. The fourth-order valence-corrected chi connectivity index (χ4v) is 4.33. The molecule has 0 aliphatic heterocycles. The van der Waals surface area contributed by atoms with Gasteiger partial charge in [0.15, 0.2) is 0 Å². The van der Waals surface area contributed by atoms with Crippen molar-refractivity contribution in [2.24, 2.45) is 0 Å². The van der Waals surface area contributed by atoms with Crippen LogP contribution in [-0.2, 0) is 47.4 Å². The minimum absolute atomic E-state index is 0.189. The van der Waals surface area contributed by atoms with E-state index in [1.807, 2.05) is 6.92 Å². The van der Waals surface area contributed by atoms with Crippen LogP contribution in [0.4, 0.5) is 0 Å². The number of hydrogen-bond donors (Lipinski definition) is 0. The number of unbranched alkanes of at least 4 members (excludes halogenated alkanes) is 9. The Hall–Kier alpha value is -0.400. The zero-order valence-electron chi connectivity index (χ0n) is 28.9. The fourth-order valence-electron chi connectivity index (χ4n) is 4.33. The van der Waals surface area contributed by atoms with Gasteiger partial charge in [-0.15, -0.1) is 0 Å². The minimum Gasteiger partial charge on any atom is -0.379 e. The van der Waals surface area contributed by atoms with E-state index in [1.54, 1.807) is 0 Å². The van der Waals surface area contributed by atoms with Crippen LogP contribution in [0.15, 0.2) is 0 Å². The molecular weight excluding hydrogens is 568 g/mol. The maximum absolute atomic E-state index is 5.86. The molecule has 0 aromatic rings. The van der Waals surface area contributed by atoms with Crippen LogP contribution in [-0.4, -0.2) is 132 Å². The van der Waals surface area contributed by atoms with Gasteiger partial charge >= 0.3 is 0 Å². The summed E-state index contributed by atoms with van der Waals surface area (Å²) in [7, 11) is 0. The van der Waals surface area contributed by atoms with Gasteiger partial charge < -0.3 is 47.4 Å². The Morgan fingerprint density at radius 1 is 0.318 bits per heavy atom. The highest BCUT2D eigenvalue weighted by atomic mass is 16.6. The molecule has 0 aromatic carbocycles. The van der Waals surface area contributed by atoms with Gasteiger partial charge in [0.1, 0.15) is 0 Å². The molecule has 10 heteroatoms. The Balaban J connectivity index is 3.27.